The monoisotopic (exact) mass is 421 g/mol. The maximum Gasteiger partial charge on any atom is 0.267 e. The number of halogens is 2. The number of hydrogen-bond donors (Lipinski definition) is 1. The van der Waals surface area contributed by atoms with E-state index in [0.29, 0.717) is 16.5 Å². The summed E-state index contributed by atoms with van der Waals surface area (Å²) in [5.74, 6) is -2.70. The highest BCUT2D eigenvalue weighted by Gasteiger charge is 2.40. The lowest BCUT2D eigenvalue weighted by Gasteiger charge is -2.15. The van der Waals surface area contributed by atoms with E-state index in [2.05, 4.69) is 20.3 Å². The maximum absolute atomic E-state index is 13.3. The molecule has 0 aromatic carbocycles. The summed E-state index contributed by atoms with van der Waals surface area (Å²) in [5, 5.41) is 6.72. The van der Waals surface area contributed by atoms with Gasteiger partial charge in [0.05, 0.1) is 33.4 Å². The fourth-order valence-corrected chi connectivity index (χ4v) is 4.66. The molecule has 1 saturated heterocycles. The Bertz CT molecular complexity index is 1020. The van der Waals surface area contributed by atoms with Crippen molar-refractivity contribution >= 4 is 39.5 Å². The van der Waals surface area contributed by atoms with Gasteiger partial charge in [-0.05, 0) is 26.0 Å². The van der Waals surface area contributed by atoms with Crippen molar-refractivity contribution in [3.8, 4) is 10.6 Å². The van der Waals surface area contributed by atoms with E-state index in [4.69, 9.17) is 0 Å². The fourth-order valence-electron chi connectivity index (χ4n) is 3.00. The van der Waals surface area contributed by atoms with Crippen molar-refractivity contribution in [1.29, 1.82) is 0 Å². The average Bonchev–Trinajstić information content (AvgIpc) is 3.34. The van der Waals surface area contributed by atoms with Crippen molar-refractivity contribution in [1.82, 2.24) is 19.9 Å². The molecule has 1 aliphatic rings. The van der Waals surface area contributed by atoms with Gasteiger partial charge < -0.3 is 10.2 Å². The fraction of sp³-hybridized carbons (Fsp3) is 0.333. The van der Waals surface area contributed by atoms with E-state index >= 15 is 0 Å². The van der Waals surface area contributed by atoms with Crippen molar-refractivity contribution in [3.63, 3.8) is 0 Å². The summed E-state index contributed by atoms with van der Waals surface area (Å²) < 4.78 is 26.6. The number of pyridine rings is 1. The molecule has 1 fully saturated rings. The molecule has 1 aliphatic heterocycles. The first-order valence-electron chi connectivity index (χ1n) is 8.61. The van der Waals surface area contributed by atoms with Crippen LogP contribution in [0.15, 0.2) is 23.7 Å². The zero-order chi connectivity index (χ0) is 19.9. The minimum Gasteiger partial charge on any atom is -0.332 e. The molecule has 10 heteroatoms. The van der Waals surface area contributed by atoms with Gasteiger partial charge in [-0.2, -0.15) is 0 Å². The number of aromatic nitrogens is 3. The zero-order valence-corrected chi connectivity index (χ0v) is 16.8. The second-order valence-electron chi connectivity index (χ2n) is 6.58. The molecule has 4 rings (SSSR count). The van der Waals surface area contributed by atoms with E-state index in [1.165, 1.54) is 17.5 Å². The lowest BCUT2D eigenvalue weighted by Crippen LogP contribution is -2.31. The van der Waals surface area contributed by atoms with Crippen LogP contribution in [0.5, 0.6) is 0 Å². The topological polar surface area (TPSA) is 71.0 Å². The van der Waals surface area contributed by atoms with Gasteiger partial charge in [0.15, 0.2) is 5.13 Å². The molecule has 28 heavy (non-hydrogen) atoms. The third kappa shape index (κ3) is 3.88. The molecule has 0 spiro atoms. The minimum atomic E-state index is -2.80. The third-order valence-corrected chi connectivity index (χ3v) is 6.20. The molecule has 3 aromatic heterocycles. The van der Waals surface area contributed by atoms with Crippen LogP contribution >= 0.6 is 22.7 Å². The van der Waals surface area contributed by atoms with Crippen LogP contribution in [0, 0.1) is 13.8 Å². The smallest absolute Gasteiger partial charge is 0.267 e. The maximum atomic E-state index is 13.3. The Morgan fingerprint density at radius 3 is 2.71 bits per heavy atom. The Morgan fingerprint density at radius 2 is 2.11 bits per heavy atom. The summed E-state index contributed by atoms with van der Waals surface area (Å²) in [5.41, 5.74) is 2.10. The number of hydrogen-bond acceptors (Lipinski definition) is 7. The molecular formula is C18H17F2N5OS2. The number of aryl methyl sites for hydroxylation is 2. The normalized spacial score (nSPS) is 15.8. The van der Waals surface area contributed by atoms with Crippen LogP contribution in [0.3, 0.4) is 0 Å². The molecule has 0 atom stereocenters. The summed E-state index contributed by atoms with van der Waals surface area (Å²) in [6.45, 7) is 3.44. The van der Waals surface area contributed by atoms with Gasteiger partial charge in [0.2, 0.25) is 0 Å². The van der Waals surface area contributed by atoms with E-state index in [1.807, 2.05) is 19.2 Å². The number of carbonyl (C=O) groups excluding carboxylic acids is 1. The predicted molar refractivity (Wildman–Crippen MR) is 106 cm³/mol. The number of nitrogens with zero attached hydrogens (tertiary/aromatic N) is 4. The number of anilines is 2. The zero-order valence-electron chi connectivity index (χ0n) is 15.2. The van der Waals surface area contributed by atoms with Gasteiger partial charge in [-0.15, -0.1) is 22.7 Å². The number of nitrogens with one attached hydrogen (secondary N) is 1. The minimum absolute atomic E-state index is 0.0597. The number of amides is 1. The van der Waals surface area contributed by atoms with Crippen molar-refractivity contribution in [2.24, 2.45) is 0 Å². The number of rotatable bonds is 4. The van der Waals surface area contributed by atoms with Crippen LogP contribution in [-0.4, -0.2) is 44.8 Å². The molecule has 1 amide bonds. The molecule has 0 bridgehead atoms. The van der Waals surface area contributed by atoms with E-state index in [-0.39, 0.29) is 13.0 Å². The number of carbonyl (C=O) groups is 1. The first-order valence-corrected chi connectivity index (χ1v) is 10.3. The number of likely N-dealkylation sites (tertiary alicyclic amines) is 1. The van der Waals surface area contributed by atoms with Gasteiger partial charge in [0.1, 0.15) is 5.82 Å². The Balaban J connectivity index is 1.44. The SMILES string of the molecule is Cc1nc(C)c(-c2csc(Nc3ccc(C(=O)N4CCC(F)(F)C4)cn3)n2)s1. The van der Waals surface area contributed by atoms with Crippen LogP contribution in [0.2, 0.25) is 0 Å². The van der Waals surface area contributed by atoms with Crippen LogP contribution in [-0.2, 0) is 0 Å². The van der Waals surface area contributed by atoms with E-state index in [9.17, 15) is 13.6 Å². The molecule has 146 valence electrons. The third-order valence-electron chi connectivity index (χ3n) is 4.34. The quantitative estimate of drug-likeness (QED) is 0.671. The lowest BCUT2D eigenvalue weighted by molar-refractivity contribution is 0.0120. The largest absolute Gasteiger partial charge is 0.332 e. The van der Waals surface area contributed by atoms with Crippen LogP contribution in [0.1, 0.15) is 27.5 Å². The highest BCUT2D eigenvalue weighted by molar-refractivity contribution is 7.16. The Hall–Kier alpha value is -2.46. The van der Waals surface area contributed by atoms with Crippen LogP contribution in [0.4, 0.5) is 19.7 Å². The molecule has 0 radical (unpaired) electrons. The van der Waals surface area contributed by atoms with Crippen LogP contribution in [0.25, 0.3) is 10.6 Å². The van der Waals surface area contributed by atoms with Gasteiger partial charge in [0.25, 0.3) is 11.8 Å². The summed E-state index contributed by atoms with van der Waals surface area (Å²) in [6.07, 6.45) is 1.10. The molecule has 4 heterocycles. The van der Waals surface area contributed by atoms with Crippen LogP contribution < -0.4 is 5.32 Å². The van der Waals surface area contributed by atoms with E-state index in [0.717, 1.165) is 26.2 Å². The standard InChI is InChI=1S/C18H17F2N5OS2/c1-10-15(28-11(2)22-10)13-8-27-17(23-13)24-14-4-3-12(7-21-14)16(26)25-6-5-18(19,20)9-25/h3-4,7-8H,5-6,9H2,1-2H3,(H,21,23,24). The highest BCUT2D eigenvalue weighted by atomic mass is 32.1. The van der Waals surface area contributed by atoms with Gasteiger partial charge >= 0.3 is 0 Å². The molecule has 3 aromatic rings. The first-order chi connectivity index (χ1) is 13.3. The van der Waals surface area contributed by atoms with Gasteiger partial charge in [0, 0.05) is 24.5 Å². The highest BCUT2D eigenvalue weighted by Crippen LogP contribution is 2.33. The van der Waals surface area contributed by atoms with Gasteiger partial charge in [-0.3, -0.25) is 4.79 Å². The van der Waals surface area contributed by atoms with Gasteiger partial charge in [-0.25, -0.2) is 23.7 Å². The molecular weight excluding hydrogens is 404 g/mol. The van der Waals surface area contributed by atoms with Crippen molar-refractivity contribution in [2.75, 3.05) is 18.4 Å². The van der Waals surface area contributed by atoms with E-state index in [1.54, 1.807) is 23.5 Å². The van der Waals surface area contributed by atoms with Crippen molar-refractivity contribution < 1.29 is 13.6 Å². The summed E-state index contributed by atoms with van der Waals surface area (Å²) in [7, 11) is 0. The van der Waals surface area contributed by atoms with Gasteiger partial charge in [-0.1, -0.05) is 0 Å². The molecule has 6 nitrogen and oxygen atoms in total. The predicted octanol–water partition coefficient (Wildman–Crippen LogP) is 4.50. The Morgan fingerprint density at radius 1 is 1.29 bits per heavy atom. The van der Waals surface area contributed by atoms with E-state index < -0.39 is 18.4 Å². The van der Waals surface area contributed by atoms with Crippen molar-refractivity contribution in [3.05, 3.63) is 40.0 Å². The molecule has 0 aliphatic carbocycles. The molecule has 0 unspecified atom stereocenters. The Kier molecular flexibility index (Phi) is 4.84. The second-order valence-corrected chi connectivity index (χ2v) is 8.64. The second kappa shape index (κ2) is 7.17. The first kappa shape index (κ1) is 18.9. The summed E-state index contributed by atoms with van der Waals surface area (Å²) >= 11 is 3.04. The summed E-state index contributed by atoms with van der Waals surface area (Å²) in [6, 6.07) is 3.23. The number of thiazole rings is 2. The Labute approximate surface area is 168 Å². The number of alkyl halides is 2. The molecule has 0 saturated carbocycles. The summed E-state index contributed by atoms with van der Waals surface area (Å²) in [4.78, 5) is 27.7. The molecule has 1 N–H and O–H groups in total. The average molecular weight is 421 g/mol. The lowest BCUT2D eigenvalue weighted by atomic mass is 10.2. The van der Waals surface area contributed by atoms with Crippen molar-refractivity contribution in [2.45, 2.75) is 26.2 Å².